The maximum absolute atomic E-state index is 5.49. The van der Waals surface area contributed by atoms with Gasteiger partial charge in [0.2, 0.25) is 0 Å². The van der Waals surface area contributed by atoms with Crippen LogP contribution >= 0.6 is 0 Å². The summed E-state index contributed by atoms with van der Waals surface area (Å²) in [5, 5.41) is 0. The lowest BCUT2D eigenvalue weighted by Crippen LogP contribution is -1.91. The fourth-order valence-electron chi connectivity index (χ4n) is 1.03. The molecule has 0 aliphatic heterocycles. The highest BCUT2D eigenvalue weighted by molar-refractivity contribution is 6.09. The number of hydrogen-bond acceptors (Lipinski definition) is 2. The Balaban J connectivity index is 2.87. The number of nitrogens with two attached hydrogens (primary N) is 1. The number of benzene rings is 1. The Labute approximate surface area is 78.8 Å². The highest BCUT2D eigenvalue weighted by Gasteiger charge is 1.94. The van der Waals surface area contributed by atoms with E-state index in [-0.39, 0.29) is 0 Å². The van der Waals surface area contributed by atoms with Gasteiger partial charge in [0, 0.05) is 24.5 Å². The van der Waals surface area contributed by atoms with Crippen LogP contribution in [0.4, 0.5) is 0 Å². The van der Waals surface area contributed by atoms with E-state index in [1.807, 2.05) is 37.3 Å². The lowest BCUT2D eigenvalue weighted by molar-refractivity contribution is 1.14. The third kappa shape index (κ3) is 2.75. The van der Waals surface area contributed by atoms with Gasteiger partial charge in [-0.15, -0.1) is 0 Å². The lowest BCUT2D eigenvalue weighted by atomic mass is 10.1. The third-order valence-corrected chi connectivity index (χ3v) is 1.70. The minimum atomic E-state index is 0.782. The van der Waals surface area contributed by atoms with Gasteiger partial charge in [-0.25, -0.2) is 0 Å². The zero-order chi connectivity index (χ0) is 9.52. The molecule has 0 amide bonds. The Morgan fingerprint density at radius 2 is 2.08 bits per heavy atom. The van der Waals surface area contributed by atoms with Crippen LogP contribution in [-0.2, 0) is 0 Å². The van der Waals surface area contributed by atoms with Crippen molar-refractivity contribution < 1.29 is 0 Å². The molecule has 1 aromatic carbocycles. The maximum Gasteiger partial charge on any atom is 0.0361 e. The molecule has 2 heteroatoms. The molecule has 0 atom stereocenters. The van der Waals surface area contributed by atoms with E-state index in [9.17, 15) is 0 Å². The van der Waals surface area contributed by atoms with Crippen molar-refractivity contribution in [2.24, 2.45) is 10.7 Å². The molecule has 0 spiro atoms. The summed E-state index contributed by atoms with van der Waals surface area (Å²) in [5.41, 5.74) is 7.55. The SMILES string of the molecule is CCN=C/C(=C\N)c1ccccc1. The average Bonchev–Trinajstić information content (AvgIpc) is 2.21. The molecular weight excluding hydrogens is 160 g/mol. The van der Waals surface area contributed by atoms with E-state index in [4.69, 9.17) is 5.73 Å². The third-order valence-electron chi connectivity index (χ3n) is 1.70. The average molecular weight is 174 g/mol. The van der Waals surface area contributed by atoms with Crippen molar-refractivity contribution >= 4 is 11.8 Å². The molecule has 13 heavy (non-hydrogen) atoms. The first-order chi connectivity index (χ1) is 6.38. The molecule has 1 aromatic rings. The number of allylic oxidation sites excluding steroid dienone is 1. The van der Waals surface area contributed by atoms with Gasteiger partial charge in [0.15, 0.2) is 0 Å². The molecule has 0 unspecified atom stereocenters. The van der Waals surface area contributed by atoms with Crippen molar-refractivity contribution in [1.82, 2.24) is 0 Å². The van der Waals surface area contributed by atoms with Gasteiger partial charge in [0.1, 0.15) is 0 Å². The summed E-state index contributed by atoms with van der Waals surface area (Å²) in [7, 11) is 0. The van der Waals surface area contributed by atoms with Gasteiger partial charge in [0.25, 0.3) is 0 Å². The predicted molar refractivity (Wildman–Crippen MR) is 57.6 cm³/mol. The second kappa shape index (κ2) is 5.14. The molecule has 0 fully saturated rings. The van der Waals surface area contributed by atoms with E-state index in [1.54, 1.807) is 12.4 Å². The van der Waals surface area contributed by atoms with E-state index in [0.717, 1.165) is 17.7 Å². The smallest absolute Gasteiger partial charge is 0.0361 e. The molecule has 0 saturated carbocycles. The Bertz CT molecular complexity index is 299. The van der Waals surface area contributed by atoms with Crippen molar-refractivity contribution in [3.05, 3.63) is 42.1 Å². The van der Waals surface area contributed by atoms with Gasteiger partial charge >= 0.3 is 0 Å². The second-order valence-electron chi connectivity index (χ2n) is 2.62. The van der Waals surface area contributed by atoms with Crippen LogP contribution < -0.4 is 5.73 Å². The Kier molecular flexibility index (Phi) is 3.76. The first-order valence-electron chi connectivity index (χ1n) is 4.35. The standard InChI is InChI=1S/C11H14N2/c1-2-13-9-11(8-12)10-6-4-3-5-7-10/h3-9H,2,12H2,1H3/b11-8+,13-9?. The van der Waals surface area contributed by atoms with Crippen LogP contribution in [0, 0.1) is 0 Å². The van der Waals surface area contributed by atoms with E-state index in [2.05, 4.69) is 4.99 Å². The summed E-state index contributed by atoms with van der Waals surface area (Å²) in [5.74, 6) is 0. The molecule has 0 saturated heterocycles. The Hall–Kier alpha value is -1.57. The van der Waals surface area contributed by atoms with Gasteiger partial charge in [-0.3, -0.25) is 4.99 Å². The van der Waals surface area contributed by atoms with Crippen LogP contribution in [0.3, 0.4) is 0 Å². The van der Waals surface area contributed by atoms with E-state index in [0.29, 0.717) is 0 Å². The van der Waals surface area contributed by atoms with Crippen LogP contribution in [0.15, 0.2) is 41.5 Å². The van der Waals surface area contributed by atoms with Crippen molar-refractivity contribution in [2.45, 2.75) is 6.92 Å². The highest BCUT2D eigenvalue weighted by atomic mass is 14.7. The number of hydrogen-bond donors (Lipinski definition) is 1. The fraction of sp³-hybridized carbons (Fsp3) is 0.182. The summed E-state index contributed by atoms with van der Waals surface area (Å²) < 4.78 is 0. The van der Waals surface area contributed by atoms with Crippen LogP contribution in [-0.4, -0.2) is 12.8 Å². The van der Waals surface area contributed by atoms with Crippen LogP contribution in [0.2, 0.25) is 0 Å². The molecule has 0 aliphatic rings. The molecule has 0 bridgehead atoms. The maximum atomic E-state index is 5.49. The minimum Gasteiger partial charge on any atom is -0.404 e. The van der Waals surface area contributed by atoms with Crippen LogP contribution in [0.1, 0.15) is 12.5 Å². The molecular formula is C11H14N2. The molecule has 0 aromatic heterocycles. The lowest BCUT2D eigenvalue weighted by Gasteiger charge is -1.99. The summed E-state index contributed by atoms with van der Waals surface area (Å²) in [6.45, 7) is 2.78. The quantitative estimate of drug-likeness (QED) is 0.700. The molecule has 68 valence electrons. The molecule has 0 heterocycles. The van der Waals surface area contributed by atoms with Crippen molar-refractivity contribution in [3.63, 3.8) is 0 Å². The Morgan fingerprint density at radius 3 is 2.62 bits per heavy atom. The topological polar surface area (TPSA) is 38.4 Å². The van der Waals surface area contributed by atoms with Gasteiger partial charge in [-0.1, -0.05) is 30.3 Å². The molecule has 2 nitrogen and oxygen atoms in total. The van der Waals surface area contributed by atoms with E-state index >= 15 is 0 Å². The summed E-state index contributed by atoms with van der Waals surface area (Å²) >= 11 is 0. The van der Waals surface area contributed by atoms with Crippen LogP contribution in [0.5, 0.6) is 0 Å². The van der Waals surface area contributed by atoms with Gasteiger partial charge in [-0.05, 0) is 12.5 Å². The summed E-state index contributed by atoms with van der Waals surface area (Å²) in [6.07, 6.45) is 3.38. The molecule has 1 rings (SSSR count). The second-order valence-corrected chi connectivity index (χ2v) is 2.62. The zero-order valence-electron chi connectivity index (χ0n) is 7.77. The van der Waals surface area contributed by atoms with Crippen molar-refractivity contribution in [1.29, 1.82) is 0 Å². The zero-order valence-corrected chi connectivity index (χ0v) is 7.77. The minimum absolute atomic E-state index is 0.782. The highest BCUT2D eigenvalue weighted by Crippen LogP contribution is 2.09. The van der Waals surface area contributed by atoms with E-state index in [1.165, 1.54) is 0 Å². The number of rotatable bonds is 3. The predicted octanol–water partition coefficient (Wildman–Crippen LogP) is 2.08. The van der Waals surface area contributed by atoms with Gasteiger partial charge < -0.3 is 5.73 Å². The first-order valence-corrected chi connectivity index (χ1v) is 4.35. The number of aliphatic imine (C=N–C) groups is 1. The normalized spacial score (nSPS) is 12.2. The van der Waals surface area contributed by atoms with Gasteiger partial charge in [-0.2, -0.15) is 0 Å². The molecule has 0 aliphatic carbocycles. The van der Waals surface area contributed by atoms with Crippen molar-refractivity contribution in [2.75, 3.05) is 6.54 Å². The number of nitrogens with zero attached hydrogens (tertiary/aromatic N) is 1. The Morgan fingerprint density at radius 1 is 1.38 bits per heavy atom. The van der Waals surface area contributed by atoms with Crippen molar-refractivity contribution in [3.8, 4) is 0 Å². The molecule has 2 N–H and O–H groups in total. The summed E-state index contributed by atoms with van der Waals surface area (Å²) in [4.78, 5) is 4.15. The van der Waals surface area contributed by atoms with Gasteiger partial charge in [0.05, 0.1) is 0 Å². The van der Waals surface area contributed by atoms with Crippen LogP contribution in [0.25, 0.3) is 5.57 Å². The fourth-order valence-corrected chi connectivity index (χ4v) is 1.03. The largest absolute Gasteiger partial charge is 0.404 e. The monoisotopic (exact) mass is 174 g/mol. The first kappa shape index (κ1) is 9.52. The van der Waals surface area contributed by atoms with E-state index < -0.39 is 0 Å². The molecule has 0 radical (unpaired) electrons. The summed E-state index contributed by atoms with van der Waals surface area (Å²) in [6, 6.07) is 9.98.